The van der Waals surface area contributed by atoms with Crippen molar-refractivity contribution < 1.29 is 29.0 Å². The molecule has 1 heterocycles. The number of nitrogens with zero attached hydrogens (tertiary/aromatic N) is 1. The van der Waals surface area contributed by atoms with Crippen molar-refractivity contribution in [3.05, 3.63) is 83.6 Å². The van der Waals surface area contributed by atoms with Crippen LogP contribution in [-0.2, 0) is 20.9 Å². The van der Waals surface area contributed by atoms with Gasteiger partial charge in [0.15, 0.2) is 18.2 Å². The number of hydrogen-bond donors (Lipinski definition) is 2. The van der Waals surface area contributed by atoms with Crippen LogP contribution in [0.15, 0.2) is 72.5 Å². The molecule has 2 aromatic carbocycles. The predicted octanol–water partition coefficient (Wildman–Crippen LogP) is 3.61. The Balaban J connectivity index is 1.29. The van der Waals surface area contributed by atoms with E-state index in [1.165, 1.54) is 30.0 Å². The van der Waals surface area contributed by atoms with Gasteiger partial charge in [-0.15, -0.1) is 11.8 Å². The highest BCUT2D eigenvalue weighted by molar-refractivity contribution is 8.13. The molecule has 0 saturated heterocycles. The first-order valence-corrected chi connectivity index (χ1v) is 12.6. The summed E-state index contributed by atoms with van der Waals surface area (Å²) in [6, 6.07) is 13.5. The molecule has 0 fully saturated rings. The quantitative estimate of drug-likeness (QED) is 0.229. The number of hydrogen-bond acceptors (Lipinski definition) is 9. The number of benzene rings is 2. The van der Waals surface area contributed by atoms with E-state index in [0.29, 0.717) is 11.6 Å². The molecule has 9 heteroatoms. The number of Topliss-reactive ketones (excluding diaryl/α,β-unsaturated/α-hetero) is 2. The van der Waals surface area contributed by atoms with Crippen LogP contribution in [0.2, 0.25) is 0 Å². The number of phenolic OH excluding ortho intramolecular Hbond substituents is 1. The minimum Gasteiger partial charge on any atom is -0.507 e. The predicted molar refractivity (Wildman–Crippen MR) is 136 cm³/mol. The second-order valence-electron chi connectivity index (χ2n) is 8.46. The van der Waals surface area contributed by atoms with Crippen LogP contribution in [0, 0.1) is 17.2 Å². The van der Waals surface area contributed by atoms with Crippen molar-refractivity contribution >= 4 is 34.3 Å². The Hall–Kier alpha value is -3.85. The highest BCUT2D eigenvalue weighted by Crippen LogP contribution is 2.33. The summed E-state index contributed by atoms with van der Waals surface area (Å²) in [5, 5.41) is 18.7. The maximum Gasteiger partial charge on any atom is 0.344 e. The molecule has 2 atom stereocenters. The van der Waals surface area contributed by atoms with Crippen LogP contribution in [-0.4, -0.2) is 58.5 Å². The summed E-state index contributed by atoms with van der Waals surface area (Å²) in [7, 11) is 0. The molecular weight excluding hydrogens is 480 g/mol. The Morgan fingerprint density at radius 2 is 1.97 bits per heavy atom. The number of ether oxygens (including phenoxy) is 2. The SMILES string of the molecule is CSC(=N)C1C=CC2=CN(CC(=O)c3ccc(OCC(=O)OCc4ccccc4)cc3O)CC2C1=O. The number of carbonyl (C=O) groups is 3. The van der Waals surface area contributed by atoms with E-state index in [9.17, 15) is 19.5 Å². The third kappa shape index (κ3) is 5.85. The Labute approximate surface area is 213 Å². The number of rotatable bonds is 9. The van der Waals surface area contributed by atoms with Gasteiger partial charge in [-0.2, -0.15) is 0 Å². The Morgan fingerprint density at radius 3 is 2.69 bits per heavy atom. The number of allylic oxidation sites excluding steroid dienone is 2. The lowest BCUT2D eigenvalue weighted by Crippen LogP contribution is -2.34. The number of esters is 1. The first-order chi connectivity index (χ1) is 17.4. The number of phenols is 1. The molecular formula is C27H26N2O6S. The first kappa shape index (κ1) is 25.2. The van der Waals surface area contributed by atoms with Crippen molar-refractivity contribution in [2.45, 2.75) is 6.61 Å². The molecule has 0 amide bonds. The molecule has 4 rings (SSSR count). The Bertz CT molecular complexity index is 1240. The largest absolute Gasteiger partial charge is 0.507 e. The lowest BCUT2D eigenvalue weighted by Gasteiger charge is -2.23. The third-order valence-electron chi connectivity index (χ3n) is 6.00. The molecule has 2 aromatic rings. The summed E-state index contributed by atoms with van der Waals surface area (Å²) in [5.74, 6) is -1.85. The zero-order valence-corrected chi connectivity index (χ0v) is 20.5. The molecule has 0 radical (unpaired) electrons. The smallest absolute Gasteiger partial charge is 0.344 e. The van der Waals surface area contributed by atoms with E-state index in [-0.39, 0.29) is 54.3 Å². The average Bonchev–Trinajstić information content (AvgIpc) is 3.30. The van der Waals surface area contributed by atoms with Gasteiger partial charge in [0.25, 0.3) is 0 Å². The summed E-state index contributed by atoms with van der Waals surface area (Å²) in [6.07, 6.45) is 7.14. The molecule has 8 nitrogen and oxygen atoms in total. The number of thioether (sulfide) groups is 1. The standard InChI is InChI=1S/C27H26N2O6S/c1-36-27(28)21-9-7-18-12-29(13-22(18)26(21)33)14-24(31)20-10-8-19(11-23(20)30)34-16-25(32)35-15-17-5-3-2-4-6-17/h2-12,21-22,28,30H,13-16H2,1H3. The molecule has 2 N–H and O–H groups in total. The maximum atomic E-state index is 12.8. The molecule has 0 saturated carbocycles. The van der Waals surface area contributed by atoms with Crippen LogP contribution < -0.4 is 4.74 Å². The van der Waals surface area contributed by atoms with Crippen LogP contribution in [0.25, 0.3) is 0 Å². The fraction of sp³-hybridized carbons (Fsp3) is 0.259. The lowest BCUT2D eigenvalue weighted by molar-refractivity contribution is -0.147. The van der Waals surface area contributed by atoms with Gasteiger partial charge in [0.05, 0.1) is 29.0 Å². The van der Waals surface area contributed by atoms with Crippen molar-refractivity contribution in [1.82, 2.24) is 4.90 Å². The van der Waals surface area contributed by atoms with Crippen molar-refractivity contribution in [2.75, 3.05) is 26.0 Å². The van der Waals surface area contributed by atoms with Crippen LogP contribution in [0.4, 0.5) is 0 Å². The van der Waals surface area contributed by atoms with E-state index in [1.807, 2.05) is 36.4 Å². The first-order valence-electron chi connectivity index (χ1n) is 11.3. The van der Waals surface area contributed by atoms with Crippen molar-refractivity contribution in [1.29, 1.82) is 5.41 Å². The second kappa shape index (κ2) is 11.3. The molecule has 1 aliphatic heterocycles. The van der Waals surface area contributed by atoms with Gasteiger partial charge in [0, 0.05) is 18.8 Å². The molecule has 1 aliphatic carbocycles. The van der Waals surface area contributed by atoms with Crippen LogP contribution >= 0.6 is 11.8 Å². The fourth-order valence-electron chi connectivity index (χ4n) is 4.11. The minimum absolute atomic E-state index is 0.00859. The molecule has 36 heavy (non-hydrogen) atoms. The van der Waals surface area contributed by atoms with Crippen molar-refractivity contribution in [2.24, 2.45) is 11.8 Å². The second-order valence-corrected chi connectivity index (χ2v) is 9.30. The van der Waals surface area contributed by atoms with Crippen molar-refractivity contribution in [3.63, 3.8) is 0 Å². The van der Waals surface area contributed by atoms with E-state index in [2.05, 4.69) is 0 Å². The van der Waals surface area contributed by atoms with Gasteiger partial charge in [-0.1, -0.05) is 42.5 Å². The topological polar surface area (TPSA) is 117 Å². The van der Waals surface area contributed by atoms with Gasteiger partial charge in [-0.05, 0) is 29.5 Å². The van der Waals surface area contributed by atoms with E-state index < -0.39 is 11.9 Å². The van der Waals surface area contributed by atoms with Gasteiger partial charge in [0.1, 0.15) is 18.1 Å². The lowest BCUT2D eigenvalue weighted by atomic mass is 9.84. The van der Waals surface area contributed by atoms with Crippen LogP contribution in [0.5, 0.6) is 11.5 Å². The summed E-state index contributed by atoms with van der Waals surface area (Å²) in [4.78, 5) is 39.3. The monoisotopic (exact) mass is 506 g/mol. The van der Waals surface area contributed by atoms with Crippen LogP contribution in [0.1, 0.15) is 15.9 Å². The van der Waals surface area contributed by atoms with Gasteiger partial charge in [-0.25, -0.2) is 4.79 Å². The summed E-state index contributed by atoms with van der Waals surface area (Å²) >= 11 is 1.25. The molecule has 2 unspecified atom stereocenters. The zero-order valence-electron chi connectivity index (χ0n) is 19.7. The number of carbonyl (C=O) groups excluding carboxylic acids is 3. The number of ketones is 2. The zero-order chi connectivity index (χ0) is 25.7. The molecule has 0 bridgehead atoms. The molecule has 2 aliphatic rings. The number of nitrogens with one attached hydrogen (secondary N) is 1. The Kier molecular flexibility index (Phi) is 7.90. The van der Waals surface area contributed by atoms with E-state index in [1.54, 1.807) is 23.4 Å². The fourth-order valence-corrected chi connectivity index (χ4v) is 4.56. The number of aromatic hydroxyl groups is 1. The molecule has 0 spiro atoms. The highest BCUT2D eigenvalue weighted by atomic mass is 32.2. The van der Waals surface area contributed by atoms with Crippen LogP contribution in [0.3, 0.4) is 0 Å². The minimum atomic E-state index is -0.555. The summed E-state index contributed by atoms with van der Waals surface area (Å²) in [6.45, 7) is 0.150. The normalized spacial score (nSPS) is 18.4. The summed E-state index contributed by atoms with van der Waals surface area (Å²) in [5.41, 5.74) is 1.80. The van der Waals surface area contributed by atoms with E-state index in [4.69, 9.17) is 14.9 Å². The van der Waals surface area contributed by atoms with Gasteiger partial charge >= 0.3 is 5.97 Å². The van der Waals surface area contributed by atoms with Gasteiger partial charge in [-0.3, -0.25) is 15.0 Å². The average molecular weight is 507 g/mol. The molecule has 0 aromatic heterocycles. The van der Waals surface area contributed by atoms with Crippen molar-refractivity contribution in [3.8, 4) is 11.5 Å². The maximum absolute atomic E-state index is 12.8. The summed E-state index contributed by atoms with van der Waals surface area (Å²) < 4.78 is 10.5. The number of fused-ring (bicyclic) bond motifs is 1. The van der Waals surface area contributed by atoms with E-state index >= 15 is 0 Å². The molecule has 186 valence electrons. The van der Waals surface area contributed by atoms with Gasteiger partial charge < -0.3 is 19.5 Å². The Morgan fingerprint density at radius 1 is 1.19 bits per heavy atom. The van der Waals surface area contributed by atoms with Gasteiger partial charge in [0.2, 0.25) is 0 Å². The van der Waals surface area contributed by atoms with E-state index in [0.717, 1.165) is 11.1 Å². The third-order valence-corrected chi connectivity index (χ3v) is 6.69. The highest BCUT2D eigenvalue weighted by Gasteiger charge is 2.37.